The standard InChI is InChI=1S/C15H14N2O5S/c18-13(19)8-15(4-1-5-15)16-14(20)12-7-9-6-10(17(21)22)2-3-11(9)23-12/h2-3,6-7H,1,4-5,8H2,(H,16,20)(H,18,19). The van der Waals surface area contributed by atoms with Gasteiger partial charge in [-0.05, 0) is 31.4 Å². The van der Waals surface area contributed by atoms with Gasteiger partial charge in [-0.15, -0.1) is 11.3 Å². The van der Waals surface area contributed by atoms with E-state index in [1.165, 1.54) is 23.5 Å². The van der Waals surface area contributed by atoms with Crippen LogP contribution in [0.1, 0.15) is 35.4 Å². The zero-order valence-corrected chi connectivity index (χ0v) is 12.9. The van der Waals surface area contributed by atoms with Crippen molar-refractivity contribution in [2.45, 2.75) is 31.2 Å². The first-order chi connectivity index (χ1) is 10.9. The zero-order chi connectivity index (χ0) is 16.6. The molecule has 1 heterocycles. The van der Waals surface area contributed by atoms with Gasteiger partial charge in [-0.25, -0.2) is 0 Å². The summed E-state index contributed by atoms with van der Waals surface area (Å²) in [5.74, 6) is -1.26. The number of hydrogen-bond acceptors (Lipinski definition) is 5. The molecule has 0 spiro atoms. The first-order valence-corrected chi connectivity index (χ1v) is 7.92. The predicted octanol–water partition coefficient (Wildman–Crippen LogP) is 2.94. The van der Waals surface area contributed by atoms with Gasteiger partial charge in [-0.2, -0.15) is 0 Å². The van der Waals surface area contributed by atoms with E-state index >= 15 is 0 Å². The summed E-state index contributed by atoms with van der Waals surface area (Å²) in [4.78, 5) is 34.1. The molecule has 3 rings (SSSR count). The molecule has 2 aromatic rings. The second kappa shape index (κ2) is 5.62. The number of fused-ring (bicyclic) bond motifs is 1. The minimum absolute atomic E-state index is 0.0244. The Morgan fingerprint density at radius 1 is 1.35 bits per heavy atom. The Balaban J connectivity index is 1.83. The van der Waals surface area contributed by atoms with Crippen molar-refractivity contribution < 1.29 is 19.6 Å². The number of carboxylic acids is 1. The van der Waals surface area contributed by atoms with Crippen LogP contribution in [0.3, 0.4) is 0 Å². The Morgan fingerprint density at radius 2 is 2.09 bits per heavy atom. The number of nitro groups is 1. The number of carboxylic acid groups (broad SMARTS) is 1. The van der Waals surface area contributed by atoms with Crippen molar-refractivity contribution in [2.24, 2.45) is 0 Å². The van der Waals surface area contributed by atoms with E-state index in [0.717, 1.165) is 11.1 Å². The molecule has 0 unspecified atom stereocenters. The molecule has 8 heteroatoms. The van der Waals surface area contributed by atoms with Gasteiger partial charge < -0.3 is 10.4 Å². The van der Waals surface area contributed by atoms with Crippen LogP contribution in [0.4, 0.5) is 5.69 Å². The van der Waals surface area contributed by atoms with Crippen molar-refractivity contribution >= 4 is 39.0 Å². The van der Waals surface area contributed by atoms with Crippen LogP contribution in [0.2, 0.25) is 0 Å². The molecular weight excluding hydrogens is 320 g/mol. The molecule has 120 valence electrons. The highest BCUT2D eigenvalue weighted by Crippen LogP contribution is 2.36. The van der Waals surface area contributed by atoms with Gasteiger partial charge >= 0.3 is 5.97 Å². The molecule has 1 aromatic heterocycles. The van der Waals surface area contributed by atoms with Gasteiger partial charge in [0, 0.05) is 22.2 Å². The third kappa shape index (κ3) is 3.02. The Kier molecular flexibility index (Phi) is 3.77. The molecule has 0 saturated heterocycles. The molecule has 1 fully saturated rings. The van der Waals surface area contributed by atoms with E-state index in [1.807, 2.05) is 0 Å². The Labute approximate surface area is 135 Å². The molecular formula is C15H14N2O5S. The van der Waals surface area contributed by atoms with Gasteiger partial charge in [0.05, 0.1) is 21.8 Å². The number of carbonyl (C=O) groups is 2. The smallest absolute Gasteiger partial charge is 0.305 e. The van der Waals surface area contributed by atoms with Crippen LogP contribution in [0.15, 0.2) is 24.3 Å². The maximum Gasteiger partial charge on any atom is 0.305 e. The summed E-state index contributed by atoms with van der Waals surface area (Å²) >= 11 is 1.24. The number of nitrogens with zero attached hydrogens (tertiary/aromatic N) is 1. The lowest BCUT2D eigenvalue weighted by Gasteiger charge is -2.41. The number of non-ortho nitro benzene ring substituents is 1. The van der Waals surface area contributed by atoms with Crippen molar-refractivity contribution in [3.63, 3.8) is 0 Å². The fourth-order valence-corrected chi connectivity index (χ4v) is 3.74. The van der Waals surface area contributed by atoms with Gasteiger partial charge in [-0.3, -0.25) is 19.7 Å². The lowest BCUT2D eigenvalue weighted by molar-refractivity contribution is -0.384. The number of benzene rings is 1. The summed E-state index contributed by atoms with van der Waals surface area (Å²) in [5, 5.41) is 23.2. The summed E-state index contributed by atoms with van der Waals surface area (Å²) in [5.41, 5.74) is -0.686. The number of hydrogen-bond donors (Lipinski definition) is 2. The first kappa shape index (κ1) is 15.4. The number of thiophene rings is 1. The topological polar surface area (TPSA) is 110 Å². The fourth-order valence-electron chi connectivity index (χ4n) is 2.80. The minimum Gasteiger partial charge on any atom is -0.481 e. The van der Waals surface area contributed by atoms with Crippen LogP contribution in [0, 0.1) is 10.1 Å². The molecule has 1 aliphatic carbocycles. The highest BCUT2D eigenvalue weighted by molar-refractivity contribution is 7.20. The van der Waals surface area contributed by atoms with E-state index in [-0.39, 0.29) is 18.0 Å². The van der Waals surface area contributed by atoms with E-state index in [1.54, 1.807) is 12.1 Å². The van der Waals surface area contributed by atoms with Gasteiger partial charge in [0.2, 0.25) is 0 Å². The normalized spacial score (nSPS) is 15.8. The Bertz CT molecular complexity index is 809. The van der Waals surface area contributed by atoms with Crippen molar-refractivity contribution in [3.05, 3.63) is 39.3 Å². The summed E-state index contributed by atoms with van der Waals surface area (Å²) in [6, 6.07) is 6.05. The molecule has 0 radical (unpaired) electrons. The summed E-state index contributed by atoms with van der Waals surface area (Å²) in [7, 11) is 0. The molecule has 1 aromatic carbocycles. The van der Waals surface area contributed by atoms with Crippen LogP contribution >= 0.6 is 11.3 Å². The van der Waals surface area contributed by atoms with Crippen LogP contribution in [0.25, 0.3) is 10.1 Å². The van der Waals surface area contributed by atoms with Gasteiger partial charge in [0.15, 0.2) is 0 Å². The molecule has 1 amide bonds. The highest BCUT2D eigenvalue weighted by atomic mass is 32.1. The van der Waals surface area contributed by atoms with Crippen LogP contribution in [-0.2, 0) is 4.79 Å². The number of carbonyl (C=O) groups excluding carboxylic acids is 1. The van der Waals surface area contributed by atoms with Crippen LogP contribution in [-0.4, -0.2) is 27.4 Å². The quantitative estimate of drug-likeness (QED) is 0.645. The average Bonchev–Trinajstić information content (AvgIpc) is 2.87. The number of nitrogens with one attached hydrogen (secondary N) is 1. The molecule has 0 bridgehead atoms. The second-order valence-corrected chi connectivity index (χ2v) is 6.83. The molecule has 0 aliphatic heterocycles. The molecule has 0 atom stereocenters. The highest BCUT2D eigenvalue weighted by Gasteiger charge is 2.40. The fraction of sp³-hybridized carbons (Fsp3) is 0.333. The van der Waals surface area contributed by atoms with Gasteiger partial charge in [0.25, 0.3) is 11.6 Å². The minimum atomic E-state index is -0.933. The third-order valence-electron chi connectivity index (χ3n) is 4.11. The van der Waals surface area contributed by atoms with E-state index in [4.69, 9.17) is 5.11 Å². The van der Waals surface area contributed by atoms with Crippen molar-refractivity contribution in [2.75, 3.05) is 0 Å². The Hall–Kier alpha value is -2.48. The number of amides is 1. The van der Waals surface area contributed by atoms with Crippen molar-refractivity contribution in [1.82, 2.24) is 5.32 Å². The molecule has 1 saturated carbocycles. The first-order valence-electron chi connectivity index (χ1n) is 7.11. The summed E-state index contributed by atoms with van der Waals surface area (Å²) < 4.78 is 0.779. The zero-order valence-electron chi connectivity index (χ0n) is 12.1. The van der Waals surface area contributed by atoms with E-state index in [9.17, 15) is 19.7 Å². The SMILES string of the molecule is O=C(O)CC1(NC(=O)c2cc3cc([N+](=O)[O-])ccc3s2)CCC1. The van der Waals surface area contributed by atoms with Gasteiger partial charge in [-0.1, -0.05) is 0 Å². The largest absolute Gasteiger partial charge is 0.481 e. The van der Waals surface area contributed by atoms with Crippen molar-refractivity contribution in [3.8, 4) is 0 Å². The molecule has 7 nitrogen and oxygen atoms in total. The van der Waals surface area contributed by atoms with Crippen molar-refractivity contribution in [1.29, 1.82) is 0 Å². The predicted molar refractivity (Wildman–Crippen MR) is 84.8 cm³/mol. The second-order valence-electron chi connectivity index (χ2n) is 5.75. The van der Waals surface area contributed by atoms with Crippen LogP contribution < -0.4 is 5.32 Å². The summed E-state index contributed by atoms with van der Waals surface area (Å²) in [6.07, 6.45) is 2.12. The maximum atomic E-state index is 12.4. The number of aliphatic carboxylic acids is 1. The summed E-state index contributed by atoms with van der Waals surface area (Å²) in [6.45, 7) is 0. The third-order valence-corrected chi connectivity index (χ3v) is 5.23. The van der Waals surface area contributed by atoms with Gasteiger partial charge in [0.1, 0.15) is 0 Å². The molecule has 23 heavy (non-hydrogen) atoms. The van der Waals surface area contributed by atoms with E-state index < -0.39 is 16.4 Å². The molecule has 1 aliphatic rings. The lowest BCUT2D eigenvalue weighted by Crippen LogP contribution is -2.54. The Morgan fingerprint density at radius 3 is 2.65 bits per heavy atom. The monoisotopic (exact) mass is 334 g/mol. The maximum absolute atomic E-state index is 12.4. The van der Waals surface area contributed by atoms with E-state index in [2.05, 4.69) is 5.32 Å². The number of nitro benzene ring substituents is 1. The lowest BCUT2D eigenvalue weighted by atomic mass is 9.74. The van der Waals surface area contributed by atoms with E-state index in [0.29, 0.717) is 23.1 Å². The van der Waals surface area contributed by atoms with Crippen LogP contribution in [0.5, 0.6) is 0 Å². The molecule has 2 N–H and O–H groups in total. The average molecular weight is 334 g/mol. The number of rotatable bonds is 5.